The number of carbonyl (C=O) groups excluding carboxylic acids is 4. The first-order valence-electron chi connectivity index (χ1n) is 19.9. The van der Waals surface area contributed by atoms with E-state index in [1.807, 2.05) is 74.6 Å². The minimum atomic E-state index is -1.34. The number of carbonyl (C=O) groups is 4. The zero-order valence-electron chi connectivity index (χ0n) is 34.4. The summed E-state index contributed by atoms with van der Waals surface area (Å²) in [5, 5.41) is 22.0. The van der Waals surface area contributed by atoms with Crippen molar-refractivity contribution in [3.8, 4) is 10.4 Å². The summed E-state index contributed by atoms with van der Waals surface area (Å²) in [4.78, 5) is 65.1. The molecular weight excluding hydrogens is 926 g/mol. The quantitative estimate of drug-likeness (QED) is 0.0348. The van der Waals surface area contributed by atoms with E-state index in [4.69, 9.17) is 4.84 Å². The number of amides is 4. The highest BCUT2D eigenvalue weighted by Crippen LogP contribution is 2.30. The predicted octanol–water partition coefficient (Wildman–Crippen LogP) is 6.50. The van der Waals surface area contributed by atoms with E-state index in [2.05, 4.69) is 31.7 Å². The number of nitrogens with one attached hydrogen (secondary N) is 5. The summed E-state index contributed by atoms with van der Waals surface area (Å²) in [6.45, 7) is 8.88. The predicted molar refractivity (Wildman–Crippen MR) is 235 cm³/mol. The maximum absolute atomic E-state index is 14.7. The van der Waals surface area contributed by atoms with Crippen molar-refractivity contribution in [2.75, 3.05) is 31.6 Å². The Labute approximate surface area is 370 Å². The van der Waals surface area contributed by atoms with Crippen LogP contribution >= 0.6 is 33.9 Å². The number of aliphatic hydroxyl groups is 1. The van der Waals surface area contributed by atoms with Crippen molar-refractivity contribution in [2.45, 2.75) is 84.5 Å². The van der Waals surface area contributed by atoms with Crippen LogP contribution in [0, 0.1) is 33.4 Å². The summed E-state index contributed by atoms with van der Waals surface area (Å²) in [5.74, 6) is -5.23. The average Bonchev–Trinajstić information content (AvgIpc) is 3.83. The summed E-state index contributed by atoms with van der Waals surface area (Å²) in [5.41, 5.74) is 5.24. The molecule has 0 spiro atoms. The fraction of sp³-hybridized carbons (Fsp3) is 0.419. The van der Waals surface area contributed by atoms with E-state index in [0.717, 1.165) is 33.8 Å². The molecule has 61 heavy (non-hydrogen) atoms. The molecule has 18 heteroatoms. The van der Waals surface area contributed by atoms with Gasteiger partial charge in [0.25, 0.3) is 5.91 Å². The lowest BCUT2D eigenvalue weighted by Gasteiger charge is -2.35. The number of hydrogen-bond donors (Lipinski definition) is 6. The van der Waals surface area contributed by atoms with Crippen molar-refractivity contribution in [1.82, 2.24) is 31.3 Å². The third-order valence-electron chi connectivity index (χ3n) is 10.0. The van der Waals surface area contributed by atoms with Gasteiger partial charge in [0.1, 0.15) is 17.9 Å². The second kappa shape index (κ2) is 21.9. The van der Waals surface area contributed by atoms with Gasteiger partial charge in [-0.2, -0.15) is 0 Å². The molecule has 1 aromatic heterocycles. The molecule has 2 heterocycles. The minimum absolute atomic E-state index is 0.0192. The zero-order chi connectivity index (χ0) is 44.3. The van der Waals surface area contributed by atoms with E-state index < -0.39 is 58.6 Å². The highest BCUT2D eigenvalue weighted by Gasteiger charge is 2.44. The fourth-order valence-electron chi connectivity index (χ4n) is 6.70. The summed E-state index contributed by atoms with van der Waals surface area (Å²) in [6.07, 6.45) is 1.05. The molecule has 0 saturated carbocycles. The van der Waals surface area contributed by atoms with E-state index in [0.29, 0.717) is 35.9 Å². The summed E-state index contributed by atoms with van der Waals surface area (Å²) >= 11 is 3.47. The molecule has 5 rings (SSSR count). The van der Waals surface area contributed by atoms with Gasteiger partial charge in [0.2, 0.25) is 17.7 Å². The molecule has 13 nitrogen and oxygen atoms in total. The number of β-amino-alcohol motifs (C(OH)–C–C–N with tert-alkyl or cyclic N) is 1. The van der Waals surface area contributed by atoms with E-state index >= 15 is 0 Å². The molecule has 6 N–H and O–H groups in total. The van der Waals surface area contributed by atoms with Crippen LogP contribution in [0.3, 0.4) is 0 Å². The zero-order valence-corrected chi connectivity index (χ0v) is 37.4. The number of hydrogen-bond acceptors (Lipinski definition) is 10. The summed E-state index contributed by atoms with van der Waals surface area (Å²) < 4.78 is 43.7. The molecule has 4 aromatic rings. The van der Waals surface area contributed by atoms with Gasteiger partial charge in [0.05, 0.1) is 45.7 Å². The smallest absolute Gasteiger partial charge is 0.277 e. The highest BCUT2D eigenvalue weighted by atomic mass is 127. The van der Waals surface area contributed by atoms with Crippen LogP contribution < -0.4 is 26.7 Å². The fourth-order valence-corrected chi connectivity index (χ4v) is 7.97. The number of hydroxylamine groups is 1. The Kier molecular flexibility index (Phi) is 17.1. The van der Waals surface area contributed by atoms with E-state index in [1.165, 1.54) is 17.0 Å². The summed E-state index contributed by atoms with van der Waals surface area (Å²) in [6, 6.07) is 12.0. The number of anilines is 2. The largest absolute Gasteiger partial charge is 0.391 e. The van der Waals surface area contributed by atoms with Gasteiger partial charge in [-0.05, 0) is 109 Å². The molecule has 328 valence electrons. The first kappa shape index (κ1) is 47.4. The Morgan fingerprint density at radius 3 is 2.43 bits per heavy atom. The topological polar surface area (TPSA) is 174 Å². The van der Waals surface area contributed by atoms with Crippen LogP contribution in [-0.2, 0) is 25.8 Å². The Bertz CT molecular complexity index is 2170. The normalized spacial score (nSPS) is 15.7. The van der Waals surface area contributed by atoms with Crippen LogP contribution in [0.1, 0.15) is 74.5 Å². The molecule has 3 aromatic carbocycles. The Morgan fingerprint density at radius 1 is 1.00 bits per heavy atom. The van der Waals surface area contributed by atoms with E-state index in [9.17, 15) is 37.5 Å². The van der Waals surface area contributed by atoms with Gasteiger partial charge in [-0.1, -0.05) is 45.0 Å². The van der Waals surface area contributed by atoms with Crippen LogP contribution in [0.25, 0.3) is 10.4 Å². The number of rotatable bonds is 19. The van der Waals surface area contributed by atoms with E-state index in [1.54, 1.807) is 22.9 Å². The second-order valence-corrected chi connectivity index (χ2v) is 17.9. The molecule has 1 aliphatic rings. The van der Waals surface area contributed by atoms with Crippen molar-refractivity contribution in [1.29, 1.82) is 0 Å². The third-order valence-corrected chi connectivity index (χ3v) is 11.7. The van der Waals surface area contributed by atoms with Crippen LogP contribution in [0.5, 0.6) is 0 Å². The van der Waals surface area contributed by atoms with Crippen molar-refractivity contribution in [2.24, 2.45) is 5.41 Å². The molecule has 0 aliphatic carbocycles. The van der Waals surface area contributed by atoms with E-state index in [-0.39, 0.29) is 55.6 Å². The maximum atomic E-state index is 14.7. The number of likely N-dealkylation sites (tertiary alicyclic amines) is 1. The number of aliphatic hydroxyl groups excluding tert-OH is 1. The number of nitrogens with zero attached hydrogens (tertiary/aromatic N) is 2. The molecule has 3 atom stereocenters. The molecule has 1 aliphatic heterocycles. The van der Waals surface area contributed by atoms with Crippen LogP contribution in [0.4, 0.5) is 24.5 Å². The highest BCUT2D eigenvalue weighted by molar-refractivity contribution is 14.1. The van der Waals surface area contributed by atoms with Gasteiger partial charge in [0.15, 0.2) is 11.6 Å². The van der Waals surface area contributed by atoms with Crippen molar-refractivity contribution < 1.29 is 42.3 Å². The summed E-state index contributed by atoms with van der Waals surface area (Å²) in [7, 11) is 0. The Hall–Kier alpha value is -4.63. The number of unbranched alkanes of at least 4 members (excludes halogenated alkanes) is 1. The number of benzene rings is 3. The van der Waals surface area contributed by atoms with Gasteiger partial charge >= 0.3 is 0 Å². The lowest BCUT2D eigenvalue weighted by Crippen LogP contribution is -2.57. The SMILES string of the molecule is Cc1ncsc1-c1ccc(CNC(=O)C2CC(O)CN2C(=O)C(NC(=O)CCCCNCCCONC(=O)c2ccc(F)c(F)c2Nc2ccc(I)cc2F)C(C)(C)C)cc1. The Balaban J connectivity index is 1.00. The van der Waals surface area contributed by atoms with Crippen molar-refractivity contribution in [3.05, 3.63) is 98.0 Å². The first-order chi connectivity index (χ1) is 29.0. The number of aryl methyl sites for hydroxylation is 1. The lowest BCUT2D eigenvalue weighted by molar-refractivity contribution is -0.144. The molecule has 1 fully saturated rings. The third kappa shape index (κ3) is 13.2. The molecule has 0 radical (unpaired) electrons. The molecular formula is C43H51F3IN7O6S. The molecule has 0 bridgehead atoms. The van der Waals surface area contributed by atoms with Crippen molar-refractivity contribution in [3.63, 3.8) is 0 Å². The second-order valence-electron chi connectivity index (χ2n) is 15.8. The number of aromatic nitrogens is 1. The van der Waals surface area contributed by atoms with Crippen LogP contribution in [0.15, 0.2) is 60.1 Å². The molecule has 4 amide bonds. The van der Waals surface area contributed by atoms with Gasteiger partial charge in [-0.25, -0.2) is 23.6 Å². The van der Waals surface area contributed by atoms with Crippen molar-refractivity contribution >= 4 is 68.9 Å². The molecule has 1 saturated heterocycles. The Morgan fingerprint density at radius 2 is 1.74 bits per heavy atom. The standard InChI is InChI=1S/C43H51F3IN7O6S/c1-25-38(61-24-50-25)27-11-9-26(10-12-27)22-49-41(58)34-21-29(55)23-54(34)42(59)39(43(2,3)4)52-35(56)8-5-6-17-48-18-7-19-60-53-40(57)30-14-15-31(44)36(46)37(30)51-33-16-13-28(47)20-32(33)45/h9-16,20,24,29,34,39,48,51,55H,5-8,17-19,21-23H2,1-4H3,(H,49,58)(H,52,56)(H,53,57). The van der Waals surface area contributed by atoms with Gasteiger partial charge in [0, 0.05) is 29.5 Å². The van der Waals surface area contributed by atoms with Gasteiger partial charge < -0.3 is 31.3 Å². The van der Waals surface area contributed by atoms with Crippen LogP contribution in [-0.4, -0.2) is 83.0 Å². The van der Waals surface area contributed by atoms with Gasteiger partial charge in [-0.3, -0.25) is 24.0 Å². The lowest BCUT2D eigenvalue weighted by atomic mass is 9.85. The maximum Gasteiger partial charge on any atom is 0.277 e. The minimum Gasteiger partial charge on any atom is -0.391 e. The monoisotopic (exact) mass is 977 g/mol. The van der Waals surface area contributed by atoms with Gasteiger partial charge in [-0.15, -0.1) is 11.3 Å². The number of halogens is 4. The first-order valence-corrected chi connectivity index (χ1v) is 21.9. The van der Waals surface area contributed by atoms with Crippen LogP contribution in [0.2, 0.25) is 0 Å². The average molecular weight is 978 g/mol. The number of thiazole rings is 1. The molecule has 3 unspecified atom stereocenters.